The first-order valence-electron chi connectivity index (χ1n) is 8.22. The molecule has 2 aliphatic rings. The summed E-state index contributed by atoms with van der Waals surface area (Å²) in [5.41, 5.74) is 3.40. The molecule has 104 valence electrons. The smallest absolute Gasteiger partial charge is 0.0283 e. The lowest BCUT2D eigenvalue weighted by Crippen LogP contribution is -1.72. The third-order valence-electron chi connectivity index (χ3n) is 3.56. The summed E-state index contributed by atoms with van der Waals surface area (Å²) >= 11 is 0. The van der Waals surface area contributed by atoms with Crippen molar-refractivity contribution in [2.45, 2.75) is 90.9 Å². The molecule has 18 heavy (non-hydrogen) atoms. The van der Waals surface area contributed by atoms with Crippen LogP contribution in [-0.4, -0.2) is 0 Å². The highest BCUT2D eigenvalue weighted by Crippen LogP contribution is 2.28. The van der Waals surface area contributed by atoms with E-state index in [1.54, 1.807) is 11.1 Å². The van der Waals surface area contributed by atoms with Crippen LogP contribution in [0.15, 0.2) is 23.3 Å². The molecule has 2 aliphatic carbocycles. The van der Waals surface area contributed by atoms with Crippen molar-refractivity contribution in [3.05, 3.63) is 23.3 Å². The van der Waals surface area contributed by atoms with Gasteiger partial charge in [0.25, 0.3) is 0 Å². The summed E-state index contributed by atoms with van der Waals surface area (Å²) in [4.78, 5) is 0. The highest BCUT2D eigenvalue weighted by molar-refractivity contribution is 5.16. The molecule has 0 aromatic rings. The van der Waals surface area contributed by atoms with Crippen LogP contribution < -0.4 is 0 Å². The van der Waals surface area contributed by atoms with Crippen molar-refractivity contribution in [2.24, 2.45) is 0 Å². The molecule has 0 bridgehead atoms. The average molecular weight is 248 g/mol. The highest BCUT2D eigenvalue weighted by Gasteiger charge is 2.09. The number of rotatable bonds is 8. The third kappa shape index (κ3) is 10.6. The van der Waals surface area contributed by atoms with Crippen molar-refractivity contribution in [2.75, 3.05) is 0 Å². The van der Waals surface area contributed by atoms with E-state index >= 15 is 0 Å². The molecule has 0 atom stereocenters. The minimum absolute atomic E-state index is 1.33. The van der Waals surface area contributed by atoms with Crippen molar-refractivity contribution in [3.63, 3.8) is 0 Å². The zero-order valence-electron chi connectivity index (χ0n) is 12.6. The Morgan fingerprint density at radius 1 is 0.667 bits per heavy atom. The summed E-state index contributed by atoms with van der Waals surface area (Å²) in [7, 11) is 0. The Kier molecular flexibility index (Phi) is 8.98. The molecule has 0 heteroatoms. The standard InChI is InChI=1S/C10H18.C8H14/c1-2-3-4-5-6-7-10-8-9-10;1-2-3-4-5-8-6-7-8/h7H,2-6,8-9H2,1H3;5H,2-4,6-7H2,1H3. The summed E-state index contributed by atoms with van der Waals surface area (Å²) in [6.07, 6.45) is 21.4. The van der Waals surface area contributed by atoms with Crippen LogP contribution >= 0.6 is 0 Å². The van der Waals surface area contributed by atoms with Gasteiger partial charge in [0.05, 0.1) is 0 Å². The van der Waals surface area contributed by atoms with Crippen molar-refractivity contribution >= 4 is 0 Å². The molecule has 0 aromatic carbocycles. The molecule has 0 nitrogen and oxygen atoms in total. The number of allylic oxidation sites excluding steroid dienone is 4. The molecule has 0 heterocycles. The molecule has 2 fully saturated rings. The van der Waals surface area contributed by atoms with Gasteiger partial charge in [0, 0.05) is 0 Å². The number of unbranched alkanes of at least 4 members (excludes halogenated alkanes) is 6. The first-order valence-corrected chi connectivity index (χ1v) is 8.22. The largest absolute Gasteiger partial charge is 0.0853 e. The van der Waals surface area contributed by atoms with Crippen LogP contribution in [0, 0.1) is 0 Å². The van der Waals surface area contributed by atoms with Gasteiger partial charge in [-0.2, -0.15) is 0 Å². The van der Waals surface area contributed by atoms with Gasteiger partial charge in [-0.15, -0.1) is 0 Å². The van der Waals surface area contributed by atoms with Crippen LogP contribution in [-0.2, 0) is 0 Å². The molecule has 0 aliphatic heterocycles. The van der Waals surface area contributed by atoms with Gasteiger partial charge >= 0.3 is 0 Å². The van der Waals surface area contributed by atoms with Gasteiger partial charge in [-0.05, 0) is 44.9 Å². The summed E-state index contributed by atoms with van der Waals surface area (Å²) in [6.45, 7) is 4.50. The summed E-state index contributed by atoms with van der Waals surface area (Å²) in [6, 6.07) is 0. The van der Waals surface area contributed by atoms with Gasteiger partial charge in [-0.25, -0.2) is 0 Å². The fraction of sp³-hybridized carbons (Fsp3) is 0.778. The van der Waals surface area contributed by atoms with Crippen LogP contribution in [0.4, 0.5) is 0 Å². The fourth-order valence-corrected chi connectivity index (χ4v) is 1.94. The third-order valence-corrected chi connectivity index (χ3v) is 3.56. The van der Waals surface area contributed by atoms with E-state index in [4.69, 9.17) is 0 Å². The van der Waals surface area contributed by atoms with E-state index in [0.29, 0.717) is 0 Å². The summed E-state index contributed by atoms with van der Waals surface area (Å²) < 4.78 is 0. The van der Waals surface area contributed by atoms with E-state index < -0.39 is 0 Å². The predicted octanol–water partition coefficient (Wildman–Crippen LogP) is 6.57. The second kappa shape index (κ2) is 10.4. The topological polar surface area (TPSA) is 0 Å². The quantitative estimate of drug-likeness (QED) is 0.336. The summed E-state index contributed by atoms with van der Waals surface area (Å²) in [5.74, 6) is 0. The number of hydrogen-bond donors (Lipinski definition) is 0. The number of hydrogen-bond acceptors (Lipinski definition) is 0. The monoisotopic (exact) mass is 248 g/mol. The average Bonchev–Trinajstić information content (AvgIpc) is 3.25. The van der Waals surface area contributed by atoms with E-state index in [9.17, 15) is 0 Å². The van der Waals surface area contributed by atoms with E-state index in [1.165, 1.54) is 77.0 Å². The second-order valence-corrected chi connectivity index (χ2v) is 5.72. The van der Waals surface area contributed by atoms with E-state index in [0.717, 1.165) is 0 Å². The molecule has 2 saturated carbocycles. The van der Waals surface area contributed by atoms with E-state index in [-0.39, 0.29) is 0 Å². The maximum absolute atomic E-state index is 2.44. The van der Waals surface area contributed by atoms with Gasteiger partial charge in [0.1, 0.15) is 0 Å². The van der Waals surface area contributed by atoms with Crippen LogP contribution in [0.5, 0.6) is 0 Å². The zero-order valence-corrected chi connectivity index (χ0v) is 12.6. The van der Waals surface area contributed by atoms with Crippen molar-refractivity contribution in [1.29, 1.82) is 0 Å². The second-order valence-electron chi connectivity index (χ2n) is 5.72. The molecule has 0 unspecified atom stereocenters. The lowest BCUT2D eigenvalue weighted by Gasteiger charge is -1.92. The maximum Gasteiger partial charge on any atom is -0.0283 e. The normalized spacial score (nSPS) is 15.9. The molecular formula is C18H32. The Hall–Kier alpha value is -0.520. The molecule has 0 radical (unpaired) electrons. The zero-order chi connectivity index (χ0) is 13.1. The lowest BCUT2D eigenvalue weighted by molar-refractivity contribution is 0.674. The molecular weight excluding hydrogens is 216 g/mol. The minimum atomic E-state index is 1.33. The first kappa shape index (κ1) is 15.5. The Balaban J connectivity index is 0.000000184. The van der Waals surface area contributed by atoms with Crippen LogP contribution in [0.25, 0.3) is 0 Å². The first-order chi connectivity index (χ1) is 8.86. The maximum atomic E-state index is 2.44. The van der Waals surface area contributed by atoms with Gasteiger partial charge < -0.3 is 0 Å². The molecule has 0 aromatic heterocycles. The van der Waals surface area contributed by atoms with Crippen molar-refractivity contribution in [1.82, 2.24) is 0 Å². The molecule has 2 rings (SSSR count). The Morgan fingerprint density at radius 3 is 1.61 bits per heavy atom. The van der Waals surface area contributed by atoms with E-state index in [2.05, 4.69) is 26.0 Å². The lowest BCUT2D eigenvalue weighted by atomic mass is 10.1. The Bertz CT molecular complexity index is 245. The van der Waals surface area contributed by atoms with Crippen molar-refractivity contribution < 1.29 is 0 Å². The van der Waals surface area contributed by atoms with Gasteiger partial charge in [0.15, 0.2) is 0 Å². The highest BCUT2D eigenvalue weighted by atomic mass is 14.1. The summed E-state index contributed by atoms with van der Waals surface area (Å²) in [5, 5.41) is 0. The fourth-order valence-electron chi connectivity index (χ4n) is 1.94. The SMILES string of the molecule is CCCCC=C1CC1.CCCCCCC=C1CC1. The van der Waals surface area contributed by atoms with Gasteiger partial charge in [-0.1, -0.05) is 69.2 Å². The van der Waals surface area contributed by atoms with Crippen molar-refractivity contribution in [3.8, 4) is 0 Å². The van der Waals surface area contributed by atoms with Crippen LogP contribution in [0.1, 0.15) is 90.9 Å². The minimum Gasteiger partial charge on any atom is -0.0853 e. The Labute approximate surface area is 115 Å². The molecule has 0 saturated heterocycles. The molecule has 0 amide bonds. The predicted molar refractivity (Wildman–Crippen MR) is 82.9 cm³/mol. The van der Waals surface area contributed by atoms with Crippen LogP contribution in [0.3, 0.4) is 0 Å². The van der Waals surface area contributed by atoms with Gasteiger partial charge in [-0.3, -0.25) is 0 Å². The van der Waals surface area contributed by atoms with Crippen LogP contribution in [0.2, 0.25) is 0 Å². The van der Waals surface area contributed by atoms with E-state index in [1.807, 2.05) is 0 Å². The Morgan fingerprint density at radius 2 is 1.17 bits per heavy atom. The van der Waals surface area contributed by atoms with Gasteiger partial charge in [0.2, 0.25) is 0 Å². The molecule has 0 N–H and O–H groups in total. The molecule has 0 spiro atoms.